The van der Waals surface area contributed by atoms with Crippen molar-refractivity contribution < 1.29 is 73.1 Å². The molecule has 6 aromatic carbocycles. The van der Waals surface area contributed by atoms with Crippen molar-refractivity contribution in [1.82, 2.24) is 9.80 Å². The molecule has 0 spiro atoms. The van der Waals surface area contributed by atoms with Crippen LogP contribution >= 0.6 is 15.9 Å². The number of phenols is 1. The van der Waals surface area contributed by atoms with Gasteiger partial charge in [-0.2, -0.15) is 16.8 Å². The highest BCUT2D eigenvalue weighted by Crippen LogP contribution is 2.48. The van der Waals surface area contributed by atoms with Crippen molar-refractivity contribution in [3.05, 3.63) is 154 Å². The first-order chi connectivity index (χ1) is 38.1. The average Bonchev–Trinajstić information content (AvgIpc) is 2.31. The molecule has 0 radical (unpaired) electrons. The molecule has 10 rings (SSSR count). The van der Waals surface area contributed by atoms with E-state index in [1.54, 1.807) is 82.7 Å². The Balaban J connectivity index is 0.000000263. The van der Waals surface area contributed by atoms with Gasteiger partial charge in [-0.15, -0.1) is 0 Å². The number of hydrogen-bond donors (Lipinski definition) is 1. The second kappa shape index (κ2) is 29.3. The molecule has 4 heterocycles. The third-order valence-electron chi connectivity index (χ3n) is 13.9. The van der Waals surface area contributed by atoms with Gasteiger partial charge in [0.15, 0.2) is 52.6 Å². The molecular formula is C61H75BrN2O16S2. The summed E-state index contributed by atoms with van der Waals surface area (Å²) in [7, 11) is -1.95. The largest absolute Gasteiger partial charge is 0.504 e. The van der Waals surface area contributed by atoms with Crippen molar-refractivity contribution in [1.29, 1.82) is 0 Å². The van der Waals surface area contributed by atoms with Gasteiger partial charge in [-0.3, -0.25) is 14.6 Å². The van der Waals surface area contributed by atoms with Crippen LogP contribution in [0.5, 0.6) is 46.0 Å². The molecule has 2 unspecified atom stereocenters. The molecule has 444 valence electrons. The summed E-state index contributed by atoms with van der Waals surface area (Å²) in [6, 6.07) is 31.4. The lowest BCUT2D eigenvalue weighted by atomic mass is 9.83. The van der Waals surface area contributed by atoms with Crippen LogP contribution < -0.4 is 32.1 Å². The average molecular weight is 1240 g/mol. The van der Waals surface area contributed by atoms with Gasteiger partial charge in [-0.05, 0) is 134 Å². The number of methoxy groups -OCH3 is 4. The molecule has 18 nitrogen and oxygen atoms in total. The number of aromatic hydroxyl groups is 1. The van der Waals surface area contributed by atoms with E-state index >= 15 is 0 Å². The Labute approximate surface area is 491 Å². The van der Waals surface area contributed by atoms with Crippen LogP contribution in [0, 0.1) is 0 Å². The predicted octanol–water partition coefficient (Wildman–Crippen LogP) is 10.8. The second-order valence-electron chi connectivity index (χ2n) is 18.5. The van der Waals surface area contributed by atoms with Crippen LogP contribution in [-0.4, -0.2) is 110 Å². The number of halogens is 1. The molecule has 6 aromatic rings. The highest BCUT2D eigenvalue weighted by atomic mass is 79.9. The molecule has 4 aliphatic rings. The molecule has 0 saturated heterocycles. The van der Waals surface area contributed by atoms with E-state index < -0.39 is 26.2 Å². The number of carbonyl (C=O) groups excluding carboxylic acids is 2. The van der Waals surface area contributed by atoms with Crippen molar-refractivity contribution in [2.45, 2.75) is 96.8 Å². The second-order valence-corrected chi connectivity index (χ2v) is 22.2. The lowest BCUT2D eigenvalue weighted by molar-refractivity contribution is -0.145. The van der Waals surface area contributed by atoms with E-state index in [2.05, 4.69) is 30.5 Å². The van der Waals surface area contributed by atoms with E-state index in [1.165, 1.54) is 38.5 Å². The number of nitrogens with zero attached hydrogens (tertiary/aromatic N) is 2. The Morgan fingerprint density at radius 3 is 1.39 bits per heavy atom. The summed E-state index contributed by atoms with van der Waals surface area (Å²) in [5.74, 6) is 2.22. The first kappa shape index (κ1) is 65.8. The van der Waals surface area contributed by atoms with Gasteiger partial charge >= 0.3 is 32.2 Å². The molecule has 0 bridgehead atoms. The summed E-state index contributed by atoms with van der Waals surface area (Å²) >= 11 is 2.94. The molecule has 0 fully saturated rings. The fourth-order valence-electron chi connectivity index (χ4n) is 10.2. The van der Waals surface area contributed by atoms with Gasteiger partial charge in [0.1, 0.15) is 15.1 Å². The molecule has 0 amide bonds. The summed E-state index contributed by atoms with van der Waals surface area (Å²) in [4.78, 5) is 26.7. The molecule has 0 aromatic heterocycles. The number of benzene rings is 6. The molecule has 4 aliphatic heterocycles. The Morgan fingerprint density at radius 1 is 0.549 bits per heavy atom. The zero-order valence-corrected chi connectivity index (χ0v) is 47.9. The third kappa shape index (κ3) is 14.8. The van der Waals surface area contributed by atoms with Crippen molar-refractivity contribution in [2.75, 3.05) is 66.7 Å². The molecule has 2 atom stereocenters. The molecular weight excluding hydrogens is 1160 g/mol. The first-order valence-corrected chi connectivity index (χ1v) is 29.5. The van der Waals surface area contributed by atoms with Crippen molar-refractivity contribution in [2.24, 2.45) is 0 Å². The van der Waals surface area contributed by atoms with Gasteiger partial charge in [0.2, 0.25) is 0 Å². The van der Waals surface area contributed by atoms with Gasteiger partial charge in [0.05, 0.1) is 41.7 Å². The normalized spacial score (nSPS) is 15.5. The summed E-state index contributed by atoms with van der Waals surface area (Å²) < 4.78 is 101. The van der Waals surface area contributed by atoms with Crippen molar-refractivity contribution >= 4 is 48.1 Å². The Morgan fingerprint density at radius 2 is 0.976 bits per heavy atom. The van der Waals surface area contributed by atoms with Crippen LogP contribution in [0.3, 0.4) is 0 Å². The van der Waals surface area contributed by atoms with Crippen molar-refractivity contribution in [3.63, 3.8) is 0 Å². The van der Waals surface area contributed by atoms with E-state index in [0.717, 1.165) is 70.4 Å². The zero-order valence-electron chi connectivity index (χ0n) is 44.7. The number of esters is 2. The summed E-state index contributed by atoms with van der Waals surface area (Å²) in [5.41, 5.74) is 8.08. The van der Waals surface area contributed by atoms with Crippen LogP contribution in [0.1, 0.15) is 92.7 Å². The minimum absolute atomic E-state index is 0. The van der Waals surface area contributed by atoms with Gasteiger partial charge in [-0.25, -0.2) is 4.79 Å². The lowest BCUT2D eigenvalue weighted by Gasteiger charge is -2.42. The molecule has 82 heavy (non-hydrogen) atoms. The standard InChI is InChI=1S/C29H31NO8S.C25H25NO6S.C4H7BrO2.3CH4/c1-4-36-28(31)18-37-27-15-20-12-13-30-17-23-19(14-24(30)22(20)16-26(27)35-3)10-11-25(34-2)29(23)38-39(32,33)21-8-6-5-7-9-21;1-30-23-9-8-16-12-21-19-14-24(31-2)22(27)13-17(19)10-11-26(21)15-20(16)25(23)32-33(28,29)18-6-4-3-5-7-18;1-2-7-4(6)3-5;;;/h5-11,15-16,24H,4,12-14,17-18H2,1-3H3;3-9,13-14,21,27H,10-12,15H2,1-2H3;2-3H2,1H3;3*1H4. The number of alkyl halides is 1. The highest BCUT2D eigenvalue weighted by molar-refractivity contribution is 9.09. The fraction of sp³-hybridized carbons (Fsp3) is 0.377. The quantitative estimate of drug-likeness (QED) is 0.0542. The van der Waals surface area contributed by atoms with E-state index in [-0.39, 0.29) is 74.0 Å². The van der Waals surface area contributed by atoms with Gasteiger partial charge < -0.3 is 46.6 Å². The smallest absolute Gasteiger partial charge is 0.344 e. The number of fused-ring (bicyclic) bond motifs is 8. The number of rotatable bonds is 16. The SMILES string of the molecule is C.C.C.CCOC(=O)CBr.CCOC(=O)COc1cc2c(cc1OC)C1Cc3ccc(OC)c(OS(=O)(=O)c4ccccc4)c3CN1CC2.COc1cc2c(cc1O)CCN1Cc3c(ccc(OC)c3OS(=O)(=O)c3ccccc3)CC21. The lowest BCUT2D eigenvalue weighted by Crippen LogP contribution is -2.39. The van der Waals surface area contributed by atoms with Crippen LogP contribution in [0.25, 0.3) is 0 Å². The van der Waals surface area contributed by atoms with E-state index in [1.807, 2.05) is 30.3 Å². The number of phenolic OH excluding ortho intramolecular Hbond substituents is 1. The maximum atomic E-state index is 13.1. The van der Waals surface area contributed by atoms with Crippen LogP contribution in [0.2, 0.25) is 0 Å². The highest BCUT2D eigenvalue weighted by Gasteiger charge is 2.38. The Hall–Kier alpha value is -7.04. The Bertz CT molecular complexity index is 3380. The van der Waals surface area contributed by atoms with Crippen LogP contribution in [-0.2, 0) is 78.1 Å². The predicted molar refractivity (Wildman–Crippen MR) is 316 cm³/mol. The van der Waals surface area contributed by atoms with E-state index in [9.17, 15) is 31.5 Å². The monoisotopic (exact) mass is 1230 g/mol. The molecule has 21 heteroatoms. The van der Waals surface area contributed by atoms with Gasteiger partial charge in [-0.1, -0.05) is 86.7 Å². The minimum atomic E-state index is -4.05. The fourth-order valence-corrected chi connectivity index (χ4v) is 12.3. The molecule has 0 saturated carbocycles. The maximum Gasteiger partial charge on any atom is 0.344 e. The maximum absolute atomic E-state index is 13.1. The topological polar surface area (TPSA) is 212 Å². The number of carbonyl (C=O) groups is 2. The van der Waals surface area contributed by atoms with E-state index in [4.69, 9.17) is 36.8 Å². The van der Waals surface area contributed by atoms with E-state index in [0.29, 0.717) is 73.2 Å². The minimum Gasteiger partial charge on any atom is -0.504 e. The Kier molecular flexibility index (Phi) is 23.5. The molecule has 1 N–H and O–H groups in total. The summed E-state index contributed by atoms with van der Waals surface area (Å²) in [5, 5.41) is 10.5. The summed E-state index contributed by atoms with van der Waals surface area (Å²) in [6.07, 6.45) is 2.87. The number of hydrogen-bond acceptors (Lipinski definition) is 18. The van der Waals surface area contributed by atoms with Gasteiger partial charge in [0, 0.05) is 49.4 Å². The van der Waals surface area contributed by atoms with Crippen molar-refractivity contribution in [3.8, 4) is 46.0 Å². The van der Waals surface area contributed by atoms with Crippen LogP contribution in [0.15, 0.2) is 119 Å². The van der Waals surface area contributed by atoms with Gasteiger partial charge in [0.25, 0.3) is 0 Å². The third-order valence-corrected chi connectivity index (χ3v) is 16.9. The number of ether oxygens (including phenoxy) is 7. The summed E-state index contributed by atoms with van der Waals surface area (Å²) in [6.45, 7) is 6.65. The zero-order chi connectivity index (χ0) is 56.4. The first-order valence-electron chi connectivity index (χ1n) is 25.5. The molecule has 0 aliphatic carbocycles. The van der Waals surface area contributed by atoms with Crippen LogP contribution in [0.4, 0.5) is 0 Å².